The maximum atomic E-state index is 12.4. The zero-order valence-corrected chi connectivity index (χ0v) is 12.1. The number of rotatable bonds is 4. The van der Waals surface area contributed by atoms with E-state index in [1.165, 1.54) is 16.9 Å². The van der Waals surface area contributed by atoms with E-state index in [9.17, 15) is 14.7 Å². The molecule has 1 saturated heterocycles. The maximum absolute atomic E-state index is 12.4. The highest BCUT2D eigenvalue weighted by atomic mass is 16.5. The van der Waals surface area contributed by atoms with Crippen molar-refractivity contribution in [2.24, 2.45) is 0 Å². The van der Waals surface area contributed by atoms with Crippen LogP contribution < -0.4 is 0 Å². The van der Waals surface area contributed by atoms with Gasteiger partial charge in [0.1, 0.15) is 6.04 Å². The minimum absolute atomic E-state index is 0.232. The number of urea groups is 1. The second-order valence-corrected chi connectivity index (χ2v) is 5.09. The Labute approximate surface area is 123 Å². The van der Waals surface area contributed by atoms with E-state index >= 15 is 0 Å². The van der Waals surface area contributed by atoms with Crippen molar-refractivity contribution in [2.75, 3.05) is 20.7 Å². The number of nitrogens with zero attached hydrogens (tertiary/aromatic N) is 3. The molecule has 1 fully saturated rings. The van der Waals surface area contributed by atoms with Crippen molar-refractivity contribution in [1.82, 2.24) is 14.8 Å². The van der Waals surface area contributed by atoms with Crippen molar-refractivity contribution in [3.05, 3.63) is 30.1 Å². The van der Waals surface area contributed by atoms with Crippen LogP contribution in [0.1, 0.15) is 12.0 Å². The lowest BCUT2D eigenvalue weighted by atomic mass is 10.2. The number of carboxylic acid groups (broad SMARTS) is 1. The summed E-state index contributed by atoms with van der Waals surface area (Å²) in [5.74, 6) is -1.000. The Hall–Kier alpha value is -2.15. The number of amides is 2. The minimum Gasteiger partial charge on any atom is -0.480 e. The number of hydrogen-bond acceptors (Lipinski definition) is 4. The normalized spacial score (nSPS) is 21.3. The van der Waals surface area contributed by atoms with Crippen LogP contribution in [0.2, 0.25) is 0 Å². The molecule has 7 nitrogen and oxygen atoms in total. The van der Waals surface area contributed by atoms with Crippen LogP contribution in [0.4, 0.5) is 4.79 Å². The molecule has 2 amide bonds. The summed E-state index contributed by atoms with van der Waals surface area (Å²) in [6.45, 7) is 0.703. The van der Waals surface area contributed by atoms with E-state index in [0.29, 0.717) is 19.5 Å². The van der Waals surface area contributed by atoms with E-state index in [2.05, 4.69) is 4.98 Å². The molecular formula is C14H19N3O4. The van der Waals surface area contributed by atoms with Gasteiger partial charge in [-0.05, 0) is 17.7 Å². The van der Waals surface area contributed by atoms with Crippen LogP contribution >= 0.6 is 0 Å². The summed E-state index contributed by atoms with van der Waals surface area (Å²) in [5, 5.41) is 9.24. The van der Waals surface area contributed by atoms with E-state index in [1.807, 2.05) is 12.1 Å². The van der Waals surface area contributed by atoms with Gasteiger partial charge in [-0.2, -0.15) is 0 Å². The second-order valence-electron chi connectivity index (χ2n) is 5.09. The predicted octanol–water partition coefficient (Wildman–Crippen LogP) is 0.807. The molecule has 2 rings (SSSR count). The van der Waals surface area contributed by atoms with Gasteiger partial charge < -0.3 is 19.6 Å². The van der Waals surface area contributed by atoms with Crippen molar-refractivity contribution < 1.29 is 19.4 Å². The lowest BCUT2D eigenvalue weighted by Crippen LogP contribution is -2.46. The fourth-order valence-electron chi connectivity index (χ4n) is 2.46. The number of carbonyl (C=O) groups is 2. The molecule has 1 N–H and O–H groups in total. The van der Waals surface area contributed by atoms with Crippen molar-refractivity contribution in [2.45, 2.75) is 25.1 Å². The monoisotopic (exact) mass is 293 g/mol. The van der Waals surface area contributed by atoms with Crippen LogP contribution in [0.15, 0.2) is 24.5 Å². The van der Waals surface area contributed by atoms with Crippen LogP contribution in [0, 0.1) is 0 Å². The summed E-state index contributed by atoms with van der Waals surface area (Å²) in [6.07, 6.45) is 3.40. The SMILES string of the molecule is COC1CC(C(=O)O)N(C(=O)N(C)Cc2ccncc2)C1. The topological polar surface area (TPSA) is 83.0 Å². The molecule has 0 saturated carbocycles. The van der Waals surface area contributed by atoms with Crippen molar-refractivity contribution in [3.8, 4) is 0 Å². The molecule has 7 heteroatoms. The molecule has 1 aromatic heterocycles. The van der Waals surface area contributed by atoms with E-state index in [0.717, 1.165) is 5.56 Å². The number of carbonyl (C=O) groups excluding carboxylic acids is 1. The van der Waals surface area contributed by atoms with Gasteiger partial charge in [0, 0.05) is 46.1 Å². The lowest BCUT2D eigenvalue weighted by Gasteiger charge is -2.27. The molecule has 0 radical (unpaired) electrons. The van der Waals surface area contributed by atoms with Gasteiger partial charge in [0.25, 0.3) is 0 Å². The highest BCUT2D eigenvalue weighted by Crippen LogP contribution is 2.22. The molecule has 0 bridgehead atoms. The molecule has 1 aliphatic heterocycles. The molecular weight excluding hydrogens is 274 g/mol. The number of likely N-dealkylation sites (tertiary alicyclic amines) is 1. The standard InChI is InChI=1S/C14H19N3O4/c1-16(8-10-3-5-15-6-4-10)14(20)17-9-11(21-2)7-12(17)13(18)19/h3-6,11-12H,7-9H2,1-2H3,(H,18,19). The predicted molar refractivity (Wildman–Crippen MR) is 74.6 cm³/mol. The first-order valence-electron chi connectivity index (χ1n) is 6.69. The van der Waals surface area contributed by atoms with Gasteiger partial charge in [-0.3, -0.25) is 4.98 Å². The van der Waals surface area contributed by atoms with Gasteiger partial charge in [-0.1, -0.05) is 0 Å². The van der Waals surface area contributed by atoms with E-state index in [4.69, 9.17) is 4.74 Å². The third-order valence-electron chi connectivity index (χ3n) is 3.62. The third kappa shape index (κ3) is 3.49. The Morgan fingerprint density at radius 3 is 2.71 bits per heavy atom. The fraction of sp³-hybridized carbons (Fsp3) is 0.500. The first-order valence-corrected chi connectivity index (χ1v) is 6.69. The fourth-order valence-corrected chi connectivity index (χ4v) is 2.46. The summed E-state index contributed by atoms with van der Waals surface area (Å²) in [4.78, 5) is 30.5. The van der Waals surface area contributed by atoms with Crippen molar-refractivity contribution in [3.63, 3.8) is 0 Å². The highest BCUT2D eigenvalue weighted by Gasteiger charge is 2.40. The Kier molecular flexibility index (Phi) is 4.74. The number of methoxy groups -OCH3 is 1. The lowest BCUT2D eigenvalue weighted by molar-refractivity contribution is -0.141. The number of carboxylic acids is 1. The number of hydrogen-bond donors (Lipinski definition) is 1. The Bertz CT molecular complexity index is 508. The minimum atomic E-state index is -1.000. The van der Waals surface area contributed by atoms with Crippen LogP contribution in [-0.4, -0.2) is 64.7 Å². The number of aromatic nitrogens is 1. The average Bonchev–Trinajstić information content (AvgIpc) is 2.92. The summed E-state index contributed by atoms with van der Waals surface area (Å²) in [7, 11) is 3.18. The molecule has 2 heterocycles. The summed E-state index contributed by atoms with van der Waals surface area (Å²) in [5.41, 5.74) is 0.940. The molecule has 114 valence electrons. The quantitative estimate of drug-likeness (QED) is 0.888. The second kappa shape index (κ2) is 6.53. The van der Waals surface area contributed by atoms with E-state index in [-0.39, 0.29) is 12.1 Å². The van der Waals surface area contributed by atoms with Crippen LogP contribution in [-0.2, 0) is 16.1 Å². The van der Waals surface area contributed by atoms with Gasteiger partial charge >= 0.3 is 12.0 Å². The summed E-state index contributed by atoms with van der Waals surface area (Å²) in [6, 6.07) is 2.50. The molecule has 0 spiro atoms. The molecule has 1 aliphatic rings. The molecule has 2 unspecified atom stereocenters. The van der Waals surface area contributed by atoms with Crippen LogP contribution in [0.3, 0.4) is 0 Å². The average molecular weight is 293 g/mol. The molecule has 1 aromatic rings. The summed E-state index contributed by atoms with van der Waals surface area (Å²) < 4.78 is 5.19. The Morgan fingerprint density at radius 2 is 2.14 bits per heavy atom. The summed E-state index contributed by atoms with van der Waals surface area (Å²) >= 11 is 0. The first kappa shape index (κ1) is 15.2. The molecule has 0 aliphatic carbocycles. The van der Waals surface area contributed by atoms with E-state index in [1.54, 1.807) is 19.4 Å². The maximum Gasteiger partial charge on any atom is 0.326 e. The number of pyridine rings is 1. The van der Waals surface area contributed by atoms with Crippen molar-refractivity contribution in [1.29, 1.82) is 0 Å². The van der Waals surface area contributed by atoms with Crippen LogP contribution in [0.25, 0.3) is 0 Å². The Balaban J connectivity index is 2.05. The van der Waals surface area contributed by atoms with Gasteiger partial charge in [0.2, 0.25) is 0 Å². The van der Waals surface area contributed by atoms with E-state index < -0.39 is 12.0 Å². The number of ether oxygens (including phenoxy) is 1. The van der Waals surface area contributed by atoms with Gasteiger partial charge in [0.15, 0.2) is 0 Å². The zero-order chi connectivity index (χ0) is 15.4. The first-order chi connectivity index (χ1) is 10.0. The zero-order valence-electron chi connectivity index (χ0n) is 12.1. The van der Waals surface area contributed by atoms with Gasteiger partial charge in [-0.15, -0.1) is 0 Å². The smallest absolute Gasteiger partial charge is 0.326 e. The largest absolute Gasteiger partial charge is 0.480 e. The highest BCUT2D eigenvalue weighted by molar-refractivity contribution is 5.83. The number of aliphatic carboxylic acids is 1. The third-order valence-corrected chi connectivity index (χ3v) is 3.62. The van der Waals surface area contributed by atoms with Crippen LogP contribution in [0.5, 0.6) is 0 Å². The molecule has 2 atom stereocenters. The molecule has 0 aromatic carbocycles. The van der Waals surface area contributed by atoms with Gasteiger partial charge in [0.05, 0.1) is 6.10 Å². The Morgan fingerprint density at radius 1 is 1.48 bits per heavy atom. The van der Waals surface area contributed by atoms with Gasteiger partial charge in [-0.25, -0.2) is 9.59 Å². The molecule has 21 heavy (non-hydrogen) atoms. The van der Waals surface area contributed by atoms with Crippen molar-refractivity contribution >= 4 is 12.0 Å².